The predicted molar refractivity (Wildman–Crippen MR) is 121 cm³/mol. The number of nitrogens with one attached hydrogen (secondary N) is 2. The number of halogens is 3. The molecule has 0 saturated carbocycles. The van der Waals surface area contributed by atoms with Crippen molar-refractivity contribution >= 4 is 28.2 Å². The van der Waals surface area contributed by atoms with Crippen LogP contribution in [0.4, 0.5) is 13.2 Å². The highest BCUT2D eigenvalue weighted by molar-refractivity contribution is 5.82. The van der Waals surface area contributed by atoms with E-state index in [9.17, 15) is 37.1 Å². The molecule has 0 aliphatic rings. The zero-order valence-corrected chi connectivity index (χ0v) is 19.6. The Morgan fingerprint density at radius 3 is 1.81 bits per heavy atom. The Labute approximate surface area is 203 Å². The zero-order valence-electron chi connectivity index (χ0n) is 19.6. The van der Waals surface area contributed by atoms with E-state index in [0.29, 0.717) is 11.9 Å². The highest BCUT2D eigenvalue weighted by Crippen LogP contribution is 2.23. The molecule has 0 unspecified atom stereocenters. The molecular weight excluding hydrogens is 505 g/mol. The van der Waals surface area contributed by atoms with Crippen molar-refractivity contribution in [3.05, 3.63) is 76.5 Å². The first-order valence-electron chi connectivity index (χ1n) is 10.6. The third-order valence-electron chi connectivity index (χ3n) is 4.66. The lowest BCUT2D eigenvalue weighted by molar-refractivity contribution is -0.142. The third-order valence-corrected chi connectivity index (χ3v) is 4.66. The maximum atomic E-state index is 12.3. The molecule has 0 atom stereocenters. The summed E-state index contributed by atoms with van der Waals surface area (Å²) < 4.78 is 51.3. The Kier molecular flexibility index (Phi) is 7.74. The van der Waals surface area contributed by atoms with E-state index in [-0.39, 0.29) is 46.6 Å². The van der Waals surface area contributed by atoms with Crippen molar-refractivity contribution in [3.63, 3.8) is 0 Å². The molecule has 4 rings (SSSR count). The fourth-order valence-corrected chi connectivity index (χ4v) is 3.37. The average molecular weight is 524 g/mol. The second-order valence-corrected chi connectivity index (χ2v) is 7.62. The number of rotatable bonds is 4. The molecule has 15 heteroatoms. The fraction of sp³-hybridized carbons (Fsp3) is 0.318. The van der Waals surface area contributed by atoms with Crippen LogP contribution in [0.15, 0.2) is 40.1 Å². The maximum absolute atomic E-state index is 12.3. The predicted octanol–water partition coefficient (Wildman–Crippen LogP) is 1.58. The fourth-order valence-electron chi connectivity index (χ4n) is 3.37. The van der Waals surface area contributed by atoms with Gasteiger partial charge in [-0.05, 0) is 31.9 Å². The highest BCUT2D eigenvalue weighted by Gasteiger charge is 2.30. The SMILES string of the molecule is CCOC(=O)Cc1cc(=O)oc2nc(C)[nH]c(=O)c12.Cc1nc2oc(=O)cc(CC(F)(F)F)c2c(=O)[nH]1. The van der Waals surface area contributed by atoms with Crippen LogP contribution in [-0.4, -0.2) is 38.7 Å². The monoisotopic (exact) mass is 524 g/mol. The number of H-pyrrole nitrogens is 2. The van der Waals surface area contributed by atoms with E-state index < -0.39 is 46.5 Å². The number of ether oxygens (including phenoxy) is 1. The minimum atomic E-state index is -4.53. The second-order valence-electron chi connectivity index (χ2n) is 7.62. The van der Waals surface area contributed by atoms with Gasteiger partial charge < -0.3 is 23.5 Å². The Hall–Kier alpha value is -4.56. The van der Waals surface area contributed by atoms with Gasteiger partial charge in [-0.3, -0.25) is 14.4 Å². The van der Waals surface area contributed by atoms with E-state index in [1.54, 1.807) is 13.8 Å². The van der Waals surface area contributed by atoms with Crippen molar-refractivity contribution < 1.29 is 31.5 Å². The molecule has 0 aromatic carbocycles. The van der Waals surface area contributed by atoms with Crippen LogP contribution in [0, 0.1) is 13.8 Å². The van der Waals surface area contributed by atoms with Crippen LogP contribution in [0.2, 0.25) is 0 Å². The number of aromatic amines is 2. The van der Waals surface area contributed by atoms with Gasteiger partial charge in [-0.25, -0.2) is 9.59 Å². The molecule has 2 N–H and O–H groups in total. The van der Waals surface area contributed by atoms with Crippen LogP contribution in [0.3, 0.4) is 0 Å². The first kappa shape index (κ1) is 27.0. The van der Waals surface area contributed by atoms with Crippen LogP contribution >= 0.6 is 0 Å². The van der Waals surface area contributed by atoms with Gasteiger partial charge in [0.2, 0.25) is 11.4 Å². The number of hydrogen-bond donors (Lipinski definition) is 2. The molecule has 12 nitrogen and oxygen atoms in total. The van der Waals surface area contributed by atoms with E-state index in [2.05, 4.69) is 24.4 Å². The molecule has 0 radical (unpaired) electrons. The minimum Gasteiger partial charge on any atom is -0.466 e. The molecule has 0 spiro atoms. The summed E-state index contributed by atoms with van der Waals surface area (Å²) in [6.07, 6.45) is -6.09. The smallest absolute Gasteiger partial charge is 0.393 e. The molecule has 37 heavy (non-hydrogen) atoms. The summed E-state index contributed by atoms with van der Waals surface area (Å²) >= 11 is 0. The van der Waals surface area contributed by atoms with E-state index in [0.717, 1.165) is 6.07 Å². The van der Waals surface area contributed by atoms with Crippen LogP contribution in [0.25, 0.3) is 22.2 Å². The summed E-state index contributed by atoms with van der Waals surface area (Å²) in [6.45, 7) is 4.90. The molecule has 0 bridgehead atoms. The standard InChI is InChI=1S/C12H12N2O5.C10H7F3N2O3/c1-3-18-8(15)4-7-5-9(16)19-12-10(7)11(17)13-6(2)14-12;1-4-14-8(17)7-5(3-10(11,12)13)2-6(16)18-9(7)15-4/h5H,3-4H2,1-2H3,(H,13,14,17);2H,3H2,1H3,(H,14,15,17). The minimum absolute atomic E-state index is 0.0759. The summed E-state index contributed by atoms with van der Waals surface area (Å²) in [4.78, 5) is 69.8. The van der Waals surface area contributed by atoms with Gasteiger partial charge in [0.25, 0.3) is 11.1 Å². The highest BCUT2D eigenvalue weighted by atomic mass is 19.4. The van der Waals surface area contributed by atoms with E-state index >= 15 is 0 Å². The summed E-state index contributed by atoms with van der Waals surface area (Å²) in [6, 6.07) is 1.76. The van der Waals surface area contributed by atoms with Gasteiger partial charge in [-0.1, -0.05) is 0 Å². The molecule has 0 amide bonds. The molecule has 0 aliphatic carbocycles. The van der Waals surface area contributed by atoms with Gasteiger partial charge in [-0.2, -0.15) is 23.1 Å². The lowest BCUT2D eigenvalue weighted by Gasteiger charge is -2.07. The summed E-state index contributed by atoms with van der Waals surface area (Å²) in [5.74, 6) is -0.0388. The molecule has 4 aromatic heterocycles. The largest absolute Gasteiger partial charge is 0.466 e. The quantitative estimate of drug-likeness (QED) is 0.372. The van der Waals surface area contributed by atoms with Crippen LogP contribution in [0.5, 0.6) is 0 Å². The molecule has 0 fully saturated rings. The maximum Gasteiger partial charge on any atom is 0.393 e. The van der Waals surface area contributed by atoms with E-state index in [4.69, 9.17) is 9.15 Å². The number of aryl methyl sites for hydroxylation is 2. The van der Waals surface area contributed by atoms with Gasteiger partial charge in [0.1, 0.15) is 22.4 Å². The third kappa shape index (κ3) is 6.77. The lowest BCUT2D eigenvalue weighted by atomic mass is 10.1. The number of carbonyl (C=O) groups is 1. The van der Waals surface area contributed by atoms with Crippen molar-refractivity contribution in [1.29, 1.82) is 0 Å². The van der Waals surface area contributed by atoms with Gasteiger partial charge >= 0.3 is 23.4 Å². The van der Waals surface area contributed by atoms with Crippen molar-refractivity contribution in [2.24, 2.45) is 0 Å². The molecule has 0 aliphatic heterocycles. The molecule has 4 heterocycles. The number of carbonyl (C=O) groups excluding carboxylic acids is 1. The van der Waals surface area contributed by atoms with Crippen LogP contribution in [-0.2, 0) is 22.4 Å². The van der Waals surface area contributed by atoms with Crippen molar-refractivity contribution in [3.8, 4) is 0 Å². The van der Waals surface area contributed by atoms with Gasteiger partial charge in [0, 0.05) is 12.1 Å². The lowest BCUT2D eigenvalue weighted by Crippen LogP contribution is -2.19. The summed E-state index contributed by atoms with van der Waals surface area (Å²) in [5.41, 5.74) is -3.51. The second kappa shape index (κ2) is 10.6. The number of nitrogens with zero attached hydrogens (tertiary/aromatic N) is 2. The zero-order chi connectivity index (χ0) is 27.5. The Bertz CT molecular complexity index is 1720. The Morgan fingerprint density at radius 1 is 0.892 bits per heavy atom. The molecular formula is C22H19F3N4O8. The number of alkyl halides is 3. The van der Waals surface area contributed by atoms with Crippen LogP contribution < -0.4 is 22.4 Å². The number of fused-ring (bicyclic) bond motifs is 2. The van der Waals surface area contributed by atoms with Crippen molar-refractivity contribution in [2.75, 3.05) is 6.61 Å². The van der Waals surface area contributed by atoms with Crippen molar-refractivity contribution in [1.82, 2.24) is 19.9 Å². The average Bonchev–Trinajstić information content (AvgIpc) is 2.71. The topological polar surface area (TPSA) is 178 Å². The first-order valence-corrected chi connectivity index (χ1v) is 10.6. The molecule has 196 valence electrons. The van der Waals surface area contributed by atoms with Gasteiger partial charge in [-0.15, -0.1) is 0 Å². The van der Waals surface area contributed by atoms with Crippen molar-refractivity contribution in [2.45, 2.75) is 39.8 Å². The summed E-state index contributed by atoms with van der Waals surface area (Å²) in [5, 5.41) is -0.254. The van der Waals surface area contributed by atoms with E-state index in [1.807, 2.05) is 0 Å². The number of esters is 1. The van der Waals surface area contributed by atoms with E-state index in [1.165, 1.54) is 6.92 Å². The Balaban J connectivity index is 0.000000206. The Morgan fingerprint density at radius 2 is 1.35 bits per heavy atom. The number of aromatic nitrogens is 4. The van der Waals surface area contributed by atoms with Gasteiger partial charge in [0.05, 0.1) is 19.4 Å². The number of hydrogen-bond acceptors (Lipinski definition) is 10. The molecule has 0 saturated heterocycles. The molecule has 4 aromatic rings. The first-order chi connectivity index (χ1) is 17.3. The summed E-state index contributed by atoms with van der Waals surface area (Å²) in [7, 11) is 0. The normalized spacial score (nSPS) is 11.3. The van der Waals surface area contributed by atoms with Crippen LogP contribution in [0.1, 0.15) is 29.7 Å². The van der Waals surface area contributed by atoms with Gasteiger partial charge in [0.15, 0.2) is 0 Å².